The Kier molecular flexibility index (Phi) is 11.7. The number of ether oxygens (including phenoxy) is 2. The number of hydrogen-bond donors (Lipinski definition) is 3. The Morgan fingerprint density at radius 3 is 2.26 bits per heavy atom. The molecule has 0 unspecified atom stereocenters. The molecule has 0 aliphatic carbocycles. The van der Waals surface area contributed by atoms with Crippen molar-refractivity contribution < 1.29 is 41.3 Å². The molecule has 4 atom stereocenters. The standard InChI is InChI=1S/C24H30F3N3O6S.2ClH/c1-35-18-5-7-19(8-6-18)37(33,34)28-14-20-22(23(32)21(15-31)36-20)30-11-9-29(10-12-30)17-4-2-3-16(13-17)24(25,26)27;;/h2-8,13,20-23,28,31-32H,9-12,14-15H2,1H3;2*1H/t20-,21+,22+,23-;;/m1../s1. The molecule has 0 aromatic heterocycles. The number of nitrogens with one attached hydrogen (secondary N) is 1. The highest BCUT2D eigenvalue weighted by Crippen LogP contribution is 2.33. The molecule has 0 spiro atoms. The summed E-state index contributed by atoms with van der Waals surface area (Å²) in [5.41, 5.74) is -0.267. The third-order valence-electron chi connectivity index (χ3n) is 6.76. The molecule has 39 heavy (non-hydrogen) atoms. The summed E-state index contributed by atoms with van der Waals surface area (Å²) in [6, 6.07) is 10.4. The number of rotatable bonds is 8. The van der Waals surface area contributed by atoms with E-state index in [9.17, 15) is 31.8 Å². The van der Waals surface area contributed by atoms with E-state index in [1.807, 2.05) is 9.80 Å². The van der Waals surface area contributed by atoms with Gasteiger partial charge in [0.15, 0.2) is 0 Å². The summed E-state index contributed by atoms with van der Waals surface area (Å²) in [7, 11) is -2.40. The molecular formula is C24H32Cl2F3N3O6S. The highest BCUT2D eigenvalue weighted by Gasteiger charge is 2.47. The van der Waals surface area contributed by atoms with Crippen LogP contribution in [0.4, 0.5) is 18.9 Å². The topological polar surface area (TPSA) is 112 Å². The normalized spacial score (nSPS) is 24.1. The highest BCUT2D eigenvalue weighted by molar-refractivity contribution is 7.89. The van der Waals surface area contributed by atoms with Gasteiger partial charge >= 0.3 is 6.18 Å². The summed E-state index contributed by atoms with van der Waals surface area (Å²) in [5, 5.41) is 20.5. The van der Waals surface area contributed by atoms with Crippen LogP contribution in [0.5, 0.6) is 5.75 Å². The van der Waals surface area contributed by atoms with Gasteiger partial charge in [-0.15, -0.1) is 24.8 Å². The van der Waals surface area contributed by atoms with Crippen molar-refractivity contribution in [1.29, 1.82) is 0 Å². The van der Waals surface area contributed by atoms with Gasteiger partial charge in [0.1, 0.15) is 18.0 Å². The molecule has 4 rings (SSSR count). The molecule has 2 fully saturated rings. The Balaban J connectivity index is 0.00000267. The molecule has 220 valence electrons. The van der Waals surface area contributed by atoms with Gasteiger partial charge in [0.2, 0.25) is 10.0 Å². The quantitative estimate of drug-likeness (QED) is 0.413. The molecule has 2 aliphatic heterocycles. The van der Waals surface area contributed by atoms with Crippen molar-refractivity contribution in [2.75, 3.05) is 51.3 Å². The fourth-order valence-electron chi connectivity index (χ4n) is 4.78. The van der Waals surface area contributed by atoms with Gasteiger partial charge in [0, 0.05) is 38.4 Å². The smallest absolute Gasteiger partial charge is 0.416 e. The minimum Gasteiger partial charge on any atom is -0.497 e. The number of piperazine rings is 1. The van der Waals surface area contributed by atoms with E-state index in [0.29, 0.717) is 37.6 Å². The molecule has 2 aromatic carbocycles. The molecule has 0 saturated carbocycles. The fraction of sp³-hybridized carbons (Fsp3) is 0.500. The van der Waals surface area contributed by atoms with E-state index in [1.54, 1.807) is 6.07 Å². The van der Waals surface area contributed by atoms with Crippen molar-refractivity contribution in [3.63, 3.8) is 0 Å². The molecule has 0 bridgehead atoms. The van der Waals surface area contributed by atoms with Crippen molar-refractivity contribution in [1.82, 2.24) is 9.62 Å². The van der Waals surface area contributed by atoms with E-state index in [-0.39, 0.29) is 36.3 Å². The number of aliphatic hydroxyl groups excluding tert-OH is 2. The first-order valence-electron chi connectivity index (χ1n) is 11.8. The largest absolute Gasteiger partial charge is 0.497 e. The zero-order valence-electron chi connectivity index (χ0n) is 21.0. The number of methoxy groups -OCH3 is 1. The number of benzene rings is 2. The minimum absolute atomic E-state index is 0. The van der Waals surface area contributed by atoms with Crippen molar-refractivity contribution in [2.24, 2.45) is 0 Å². The van der Waals surface area contributed by atoms with Crippen LogP contribution in [0, 0.1) is 0 Å². The Labute approximate surface area is 237 Å². The van der Waals surface area contributed by atoms with Crippen molar-refractivity contribution >= 4 is 40.5 Å². The second-order valence-electron chi connectivity index (χ2n) is 8.98. The average molecular weight is 619 g/mol. The summed E-state index contributed by atoms with van der Waals surface area (Å²) < 4.78 is 78.3. The maximum atomic E-state index is 13.1. The van der Waals surface area contributed by atoms with Gasteiger partial charge in [0.05, 0.1) is 36.3 Å². The Bertz CT molecular complexity index is 1170. The van der Waals surface area contributed by atoms with E-state index in [1.165, 1.54) is 37.4 Å². The minimum atomic E-state index is -4.44. The molecule has 2 heterocycles. The predicted octanol–water partition coefficient (Wildman–Crippen LogP) is 2.15. The van der Waals surface area contributed by atoms with Crippen molar-refractivity contribution in [3.05, 3.63) is 54.1 Å². The van der Waals surface area contributed by atoms with Crippen molar-refractivity contribution in [3.8, 4) is 5.75 Å². The van der Waals surface area contributed by atoms with Crippen LogP contribution in [0.25, 0.3) is 0 Å². The Morgan fingerprint density at radius 1 is 1.05 bits per heavy atom. The van der Waals surface area contributed by atoms with Crippen LogP contribution in [0.3, 0.4) is 0 Å². The average Bonchev–Trinajstić information content (AvgIpc) is 3.22. The van der Waals surface area contributed by atoms with Gasteiger partial charge in [-0.3, -0.25) is 4.90 Å². The number of alkyl halides is 3. The summed E-state index contributed by atoms with van der Waals surface area (Å²) in [4.78, 5) is 3.80. The lowest BCUT2D eigenvalue weighted by molar-refractivity contribution is -0.137. The fourth-order valence-corrected chi connectivity index (χ4v) is 5.83. The lowest BCUT2D eigenvalue weighted by Gasteiger charge is -2.41. The molecule has 2 aliphatic rings. The number of halogens is 5. The summed E-state index contributed by atoms with van der Waals surface area (Å²) >= 11 is 0. The number of hydrogen-bond acceptors (Lipinski definition) is 8. The van der Waals surface area contributed by atoms with E-state index >= 15 is 0 Å². The van der Waals surface area contributed by atoms with Gasteiger partial charge in [-0.1, -0.05) is 6.07 Å². The van der Waals surface area contributed by atoms with E-state index < -0.39 is 52.7 Å². The van der Waals surface area contributed by atoms with Crippen LogP contribution in [-0.2, 0) is 20.9 Å². The summed E-state index contributed by atoms with van der Waals surface area (Å²) in [5.74, 6) is 0.510. The first kappa shape index (κ1) is 33.4. The van der Waals surface area contributed by atoms with Crippen LogP contribution >= 0.6 is 24.8 Å². The van der Waals surface area contributed by atoms with Crippen LogP contribution < -0.4 is 14.4 Å². The molecule has 15 heteroatoms. The van der Waals surface area contributed by atoms with Crippen LogP contribution in [0.15, 0.2) is 53.4 Å². The molecule has 2 aromatic rings. The second kappa shape index (κ2) is 13.7. The Morgan fingerprint density at radius 2 is 1.69 bits per heavy atom. The van der Waals surface area contributed by atoms with Gasteiger partial charge in [-0.25, -0.2) is 13.1 Å². The number of aliphatic hydroxyl groups is 2. The molecule has 3 N–H and O–H groups in total. The zero-order chi connectivity index (χ0) is 26.8. The van der Waals surface area contributed by atoms with Gasteiger partial charge in [-0.2, -0.15) is 13.2 Å². The summed E-state index contributed by atoms with van der Waals surface area (Å²) in [6.45, 7) is 1.03. The number of nitrogens with zero attached hydrogens (tertiary/aromatic N) is 2. The SMILES string of the molecule is COc1ccc(S(=O)(=O)NC[C@H]2O[C@@H](CO)[C@@H](O)[C@H]2N2CCN(c3cccc(C(F)(F)F)c3)CC2)cc1.Cl.Cl. The third-order valence-corrected chi connectivity index (χ3v) is 8.20. The van der Waals surface area contributed by atoms with E-state index in [4.69, 9.17) is 9.47 Å². The molecular weight excluding hydrogens is 586 g/mol. The van der Waals surface area contributed by atoms with E-state index in [0.717, 1.165) is 12.1 Å². The van der Waals surface area contributed by atoms with Crippen LogP contribution in [-0.4, -0.2) is 94.3 Å². The maximum Gasteiger partial charge on any atom is 0.416 e. The number of sulfonamides is 1. The third kappa shape index (κ3) is 7.67. The first-order valence-corrected chi connectivity index (χ1v) is 13.3. The Hall–Kier alpha value is -1.84. The lowest BCUT2D eigenvalue weighted by atomic mass is 10.0. The molecule has 2 saturated heterocycles. The molecule has 9 nitrogen and oxygen atoms in total. The monoisotopic (exact) mass is 617 g/mol. The van der Waals surface area contributed by atoms with Gasteiger partial charge < -0.3 is 24.6 Å². The zero-order valence-corrected chi connectivity index (χ0v) is 23.4. The highest BCUT2D eigenvalue weighted by atomic mass is 35.5. The van der Waals surface area contributed by atoms with Crippen molar-refractivity contribution in [2.45, 2.75) is 35.4 Å². The second-order valence-corrected chi connectivity index (χ2v) is 10.7. The van der Waals surface area contributed by atoms with Crippen LogP contribution in [0.1, 0.15) is 5.56 Å². The number of anilines is 1. The maximum absolute atomic E-state index is 13.1. The van der Waals surface area contributed by atoms with E-state index in [2.05, 4.69) is 4.72 Å². The predicted molar refractivity (Wildman–Crippen MR) is 143 cm³/mol. The molecule has 0 amide bonds. The summed E-state index contributed by atoms with van der Waals surface area (Å²) in [6.07, 6.45) is -7.14. The van der Waals surface area contributed by atoms with Crippen LogP contribution in [0.2, 0.25) is 0 Å². The molecule has 0 radical (unpaired) electrons. The lowest BCUT2D eigenvalue weighted by Crippen LogP contribution is -2.57. The van der Waals surface area contributed by atoms with Gasteiger partial charge in [-0.05, 0) is 42.5 Å². The van der Waals surface area contributed by atoms with Gasteiger partial charge in [0.25, 0.3) is 0 Å². The first-order chi connectivity index (χ1) is 17.5.